The molecule has 0 radical (unpaired) electrons. The normalized spacial score (nSPS) is 11.2. The van der Waals surface area contributed by atoms with E-state index >= 15 is 0 Å². The van der Waals surface area contributed by atoms with Crippen LogP contribution in [0.5, 0.6) is 5.75 Å². The first kappa shape index (κ1) is 21.7. The number of thioether (sulfide) groups is 2. The van der Waals surface area contributed by atoms with Gasteiger partial charge in [-0.2, -0.15) is 23.5 Å². The third kappa shape index (κ3) is 6.51. The van der Waals surface area contributed by atoms with Crippen LogP contribution in [-0.2, 0) is 11.5 Å². The molecule has 5 heteroatoms. The van der Waals surface area contributed by atoms with E-state index in [-0.39, 0.29) is 0 Å². The lowest BCUT2D eigenvalue weighted by atomic mass is 9.94. The van der Waals surface area contributed by atoms with Crippen LogP contribution in [0.15, 0.2) is 0 Å². The first-order valence-electron chi connectivity index (χ1n) is 8.79. The molecule has 0 fully saturated rings. The van der Waals surface area contributed by atoms with E-state index in [1.165, 1.54) is 29.5 Å². The predicted octanol–water partition coefficient (Wildman–Crippen LogP) is 4.00. The maximum absolute atomic E-state index is 10.5. The van der Waals surface area contributed by atoms with Crippen LogP contribution in [-0.4, -0.2) is 43.8 Å². The molecule has 1 rings (SSSR count). The molecule has 0 heterocycles. The van der Waals surface area contributed by atoms with Gasteiger partial charge in [0.25, 0.3) is 0 Å². The Morgan fingerprint density at radius 2 is 1.17 bits per heavy atom. The molecule has 24 heavy (non-hydrogen) atoms. The van der Waals surface area contributed by atoms with Gasteiger partial charge in [-0.1, -0.05) is 0 Å². The molecule has 0 saturated carbocycles. The lowest BCUT2D eigenvalue weighted by molar-refractivity contribution is 0.465. The molecule has 0 bridgehead atoms. The molecular formula is C19H34N2OS2. The second-order valence-electron chi connectivity index (χ2n) is 6.20. The fourth-order valence-electron chi connectivity index (χ4n) is 2.80. The second kappa shape index (κ2) is 12.1. The maximum Gasteiger partial charge on any atom is 0.122 e. The largest absolute Gasteiger partial charge is 0.507 e. The Hall–Kier alpha value is -0.360. The molecular weight excluding hydrogens is 336 g/mol. The van der Waals surface area contributed by atoms with Crippen molar-refractivity contribution in [2.45, 2.75) is 45.1 Å². The summed E-state index contributed by atoms with van der Waals surface area (Å²) in [5, 5.41) is 16.9. The Balaban J connectivity index is 2.76. The molecule has 0 saturated heterocycles. The van der Waals surface area contributed by atoms with Crippen LogP contribution >= 0.6 is 23.5 Å². The van der Waals surface area contributed by atoms with Gasteiger partial charge in [-0.05, 0) is 100 Å². The summed E-state index contributed by atoms with van der Waals surface area (Å²) >= 11 is 3.93. The zero-order chi connectivity index (χ0) is 17.9. The molecule has 0 aromatic heterocycles. The molecule has 1 aromatic carbocycles. The quantitative estimate of drug-likeness (QED) is 0.485. The Bertz CT molecular complexity index is 466. The van der Waals surface area contributed by atoms with Gasteiger partial charge in [-0.15, -0.1) is 0 Å². The van der Waals surface area contributed by atoms with Gasteiger partial charge in [0.2, 0.25) is 0 Å². The highest BCUT2D eigenvalue weighted by Gasteiger charge is 2.16. The minimum Gasteiger partial charge on any atom is -0.507 e. The van der Waals surface area contributed by atoms with Crippen molar-refractivity contribution in [1.29, 1.82) is 0 Å². The SMILES string of the molecule is CNCCCSCc1c(C)c(O)c(C)c(CSCCCNC)c1C. The molecule has 0 amide bonds. The van der Waals surface area contributed by atoms with E-state index in [9.17, 15) is 5.11 Å². The molecule has 0 unspecified atom stereocenters. The van der Waals surface area contributed by atoms with Crippen LogP contribution in [0.2, 0.25) is 0 Å². The van der Waals surface area contributed by atoms with Gasteiger partial charge in [-0.3, -0.25) is 0 Å². The van der Waals surface area contributed by atoms with E-state index in [4.69, 9.17) is 0 Å². The third-order valence-corrected chi connectivity index (χ3v) is 6.59. The monoisotopic (exact) mass is 370 g/mol. The van der Waals surface area contributed by atoms with Crippen molar-refractivity contribution in [2.24, 2.45) is 0 Å². The fraction of sp³-hybridized carbons (Fsp3) is 0.684. The predicted molar refractivity (Wildman–Crippen MR) is 112 cm³/mol. The maximum atomic E-state index is 10.5. The van der Waals surface area contributed by atoms with E-state index < -0.39 is 0 Å². The van der Waals surface area contributed by atoms with Crippen LogP contribution in [0.4, 0.5) is 0 Å². The zero-order valence-corrected chi connectivity index (χ0v) is 17.6. The Morgan fingerprint density at radius 3 is 1.54 bits per heavy atom. The van der Waals surface area contributed by atoms with E-state index in [2.05, 4.69) is 31.4 Å². The first-order valence-corrected chi connectivity index (χ1v) is 11.1. The van der Waals surface area contributed by atoms with Crippen molar-refractivity contribution >= 4 is 23.5 Å². The van der Waals surface area contributed by atoms with Gasteiger partial charge in [0, 0.05) is 11.5 Å². The molecule has 0 aliphatic carbocycles. The molecule has 1 aromatic rings. The smallest absolute Gasteiger partial charge is 0.122 e. The summed E-state index contributed by atoms with van der Waals surface area (Å²) in [5.41, 5.74) is 6.17. The van der Waals surface area contributed by atoms with E-state index in [0.717, 1.165) is 47.2 Å². The molecule has 0 aliphatic rings. The van der Waals surface area contributed by atoms with Gasteiger partial charge in [0.05, 0.1) is 0 Å². The van der Waals surface area contributed by atoms with E-state index in [1.54, 1.807) is 0 Å². The average Bonchev–Trinajstić information content (AvgIpc) is 2.58. The Labute approximate surface area is 156 Å². The number of nitrogens with one attached hydrogen (secondary N) is 2. The summed E-state index contributed by atoms with van der Waals surface area (Å²) in [6, 6.07) is 0. The lowest BCUT2D eigenvalue weighted by Crippen LogP contribution is -2.08. The van der Waals surface area contributed by atoms with Crippen molar-refractivity contribution < 1.29 is 5.11 Å². The molecule has 3 nitrogen and oxygen atoms in total. The number of phenols is 1. The van der Waals surface area contributed by atoms with Gasteiger partial charge in [0.15, 0.2) is 0 Å². The van der Waals surface area contributed by atoms with Gasteiger partial charge >= 0.3 is 0 Å². The van der Waals surface area contributed by atoms with Crippen LogP contribution in [0, 0.1) is 20.8 Å². The highest BCUT2D eigenvalue weighted by atomic mass is 32.2. The number of hydrogen-bond acceptors (Lipinski definition) is 5. The highest BCUT2D eigenvalue weighted by molar-refractivity contribution is 7.98. The van der Waals surface area contributed by atoms with Crippen LogP contribution in [0.25, 0.3) is 0 Å². The summed E-state index contributed by atoms with van der Waals surface area (Å²) in [7, 11) is 4.00. The minimum atomic E-state index is 0.497. The van der Waals surface area contributed by atoms with Crippen molar-refractivity contribution in [1.82, 2.24) is 10.6 Å². The molecule has 0 aliphatic heterocycles. The minimum absolute atomic E-state index is 0.497. The van der Waals surface area contributed by atoms with Gasteiger partial charge in [0.1, 0.15) is 5.75 Å². The Morgan fingerprint density at radius 1 is 0.750 bits per heavy atom. The second-order valence-corrected chi connectivity index (χ2v) is 8.41. The third-order valence-electron chi connectivity index (χ3n) is 4.44. The van der Waals surface area contributed by atoms with Crippen molar-refractivity contribution in [2.75, 3.05) is 38.7 Å². The Kier molecular flexibility index (Phi) is 10.9. The van der Waals surface area contributed by atoms with E-state index in [1.807, 2.05) is 37.6 Å². The topological polar surface area (TPSA) is 44.3 Å². The van der Waals surface area contributed by atoms with Crippen LogP contribution < -0.4 is 10.6 Å². The van der Waals surface area contributed by atoms with Crippen molar-refractivity contribution in [3.05, 3.63) is 27.8 Å². The molecule has 138 valence electrons. The summed E-state index contributed by atoms with van der Waals surface area (Å²) in [4.78, 5) is 0. The summed E-state index contributed by atoms with van der Waals surface area (Å²) < 4.78 is 0. The van der Waals surface area contributed by atoms with Gasteiger partial charge < -0.3 is 15.7 Å². The number of rotatable bonds is 12. The molecule has 3 N–H and O–H groups in total. The number of aromatic hydroxyl groups is 1. The highest BCUT2D eigenvalue weighted by Crippen LogP contribution is 2.35. The number of benzene rings is 1. The zero-order valence-electron chi connectivity index (χ0n) is 15.9. The number of phenolic OH excluding ortho intramolecular Hbond substituents is 1. The summed E-state index contributed by atoms with van der Waals surface area (Å²) in [6.45, 7) is 8.48. The fourth-order valence-corrected chi connectivity index (χ4v) is 5.06. The van der Waals surface area contributed by atoms with Crippen LogP contribution in [0.1, 0.15) is 40.7 Å². The molecule has 0 spiro atoms. The summed E-state index contributed by atoms with van der Waals surface area (Å²) in [5.74, 6) is 4.79. The standard InChI is InChI=1S/C19H34N2OS2/c1-14-17(12-23-10-6-8-20-4)15(2)19(22)16(3)18(14)13-24-11-7-9-21-5/h20-22H,6-13H2,1-5H3. The molecule has 0 atom stereocenters. The van der Waals surface area contributed by atoms with Crippen molar-refractivity contribution in [3.63, 3.8) is 0 Å². The first-order chi connectivity index (χ1) is 11.5. The van der Waals surface area contributed by atoms with Crippen LogP contribution in [0.3, 0.4) is 0 Å². The average molecular weight is 371 g/mol. The lowest BCUT2D eigenvalue weighted by Gasteiger charge is -2.19. The summed E-state index contributed by atoms with van der Waals surface area (Å²) in [6.07, 6.45) is 2.37. The number of hydrogen-bond donors (Lipinski definition) is 3. The van der Waals surface area contributed by atoms with Gasteiger partial charge in [-0.25, -0.2) is 0 Å². The van der Waals surface area contributed by atoms with Crippen molar-refractivity contribution in [3.8, 4) is 5.75 Å². The van der Waals surface area contributed by atoms with E-state index in [0.29, 0.717) is 5.75 Å².